The fourth-order valence-electron chi connectivity index (χ4n) is 1.13. The second-order valence-corrected chi connectivity index (χ2v) is 3.18. The zero-order valence-corrected chi connectivity index (χ0v) is 8.49. The number of benzene rings is 1. The van der Waals surface area contributed by atoms with E-state index in [9.17, 15) is 31.1 Å². The molecule has 0 radical (unpaired) electrons. The number of carbonyl (C=O) groups excluding carboxylic acids is 1. The van der Waals surface area contributed by atoms with Gasteiger partial charge in [-0.25, -0.2) is 13.2 Å². The number of nitrogens with two attached hydrogens (primary N) is 1. The van der Waals surface area contributed by atoms with E-state index in [1.165, 1.54) is 0 Å². The minimum absolute atomic E-state index is 0.195. The van der Waals surface area contributed by atoms with Crippen LogP contribution in [0, 0.1) is 17.5 Å². The molecule has 1 rings (SSSR count). The standard InChI is InChI=1S/C10H5F6NO/c11-6-3-5(10(14,15)16)9(13)8(12)4(6)1-2-7(17)18/h1-3H,(H2,17,18)/b2-1+. The van der Waals surface area contributed by atoms with Gasteiger partial charge in [-0.05, 0) is 12.1 Å². The summed E-state index contributed by atoms with van der Waals surface area (Å²) in [4.78, 5) is 10.3. The molecule has 0 spiro atoms. The lowest BCUT2D eigenvalue weighted by Gasteiger charge is -2.10. The Bertz CT molecular complexity index is 520. The normalized spacial score (nSPS) is 12.1. The van der Waals surface area contributed by atoms with Crippen molar-refractivity contribution in [2.45, 2.75) is 6.18 Å². The molecule has 0 aliphatic heterocycles. The van der Waals surface area contributed by atoms with Crippen LogP contribution in [0.25, 0.3) is 6.08 Å². The summed E-state index contributed by atoms with van der Waals surface area (Å²) in [5.74, 6) is -7.03. The van der Waals surface area contributed by atoms with E-state index in [1.54, 1.807) is 0 Å². The van der Waals surface area contributed by atoms with Gasteiger partial charge in [-0.3, -0.25) is 4.79 Å². The van der Waals surface area contributed by atoms with Crippen molar-refractivity contribution >= 4 is 12.0 Å². The molecule has 0 saturated heterocycles. The highest BCUT2D eigenvalue weighted by molar-refractivity contribution is 5.90. The summed E-state index contributed by atoms with van der Waals surface area (Å²) in [6.07, 6.45) is -4.28. The van der Waals surface area contributed by atoms with Crippen LogP contribution in [-0.4, -0.2) is 5.91 Å². The molecule has 0 bridgehead atoms. The van der Waals surface area contributed by atoms with E-state index >= 15 is 0 Å². The lowest BCUT2D eigenvalue weighted by atomic mass is 10.1. The van der Waals surface area contributed by atoms with Gasteiger partial charge in [-0.1, -0.05) is 0 Å². The first-order valence-corrected chi connectivity index (χ1v) is 4.36. The number of amides is 1. The third-order valence-electron chi connectivity index (χ3n) is 1.91. The molecular formula is C10H5F6NO. The van der Waals surface area contributed by atoms with E-state index in [0.717, 1.165) is 0 Å². The van der Waals surface area contributed by atoms with Gasteiger partial charge in [0.2, 0.25) is 5.91 Å². The summed E-state index contributed by atoms with van der Waals surface area (Å²) in [7, 11) is 0. The number of halogens is 6. The van der Waals surface area contributed by atoms with Crippen LogP contribution in [0.4, 0.5) is 26.3 Å². The highest BCUT2D eigenvalue weighted by atomic mass is 19.4. The highest BCUT2D eigenvalue weighted by Crippen LogP contribution is 2.34. The fourth-order valence-corrected chi connectivity index (χ4v) is 1.13. The van der Waals surface area contributed by atoms with E-state index in [2.05, 4.69) is 5.73 Å². The summed E-state index contributed by atoms with van der Waals surface area (Å²) >= 11 is 0. The first-order valence-electron chi connectivity index (χ1n) is 4.36. The van der Waals surface area contributed by atoms with Crippen LogP contribution in [0.1, 0.15) is 11.1 Å². The molecule has 0 aliphatic carbocycles. The Kier molecular flexibility index (Phi) is 3.68. The van der Waals surface area contributed by atoms with Crippen LogP contribution < -0.4 is 5.73 Å². The minimum Gasteiger partial charge on any atom is -0.366 e. The quantitative estimate of drug-likeness (QED) is 0.500. The maximum absolute atomic E-state index is 13.2. The first-order chi connectivity index (χ1) is 8.14. The summed E-state index contributed by atoms with van der Waals surface area (Å²) in [6.45, 7) is 0. The Balaban J connectivity index is 3.43. The van der Waals surface area contributed by atoms with Crippen molar-refractivity contribution in [1.29, 1.82) is 0 Å². The predicted octanol–water partition coefficient (Wildman–Crippen LogP) is 2.62. The lowest BCUT2D eigenvalue weighted by Crippen LogP contribution is -2.12. The lowest BCUT2D eigenvalue weighted by molar-refractivity contribution is -0.140. The Hall–Kier alpha value is -1.99. The van der Waals surface area contributed by atoms with E-state index < -0.39 is 40.7 Å². The molecule has 0 heterocycles. The molecule has 0 saturated carbocycles. The molecule has 0 aromatic heterocycles. The van der Waals surface area contributed by atoms with Gasteiger partial charge >= 0.3 is 6.18 Å². The van der Waals surface area contributed by atoms with Crippen molar-refractivity contribution in [3.8, 4) is 0 Å². The molecule has 8 heteroatoms. The molecule has 2 nitrogen and oxygen atoms in total. The third kappa shape index (κ3) is 2.82. The van der Waals surface area contributed by atoms with Gasteiger partial charge < -0.3 is 5.73 Å². The average molecular weight is 269 g/mol. The monoisotopic (exact) mass is 269 g/mol. The summed E-state index contributed by atoms with van der Waals surface area (Å²) < 4.78 is 76.0. The van der Waals surface area contributed by atoms with Gasteiger partial charge in [-0.15, -0.1) is 0 Å². The van der Waals surface area contributed by atoms with Gasteiger partial charge in [-0.2, -0.15) is 13.2 Å². The minimum atomic E-state index is -5.22. The number of rotatable bonds is 2. The van der Waals surface area contributed by atoms with Gasteiger partial charge in [0.1, 0.15) is 5.82 Å². The van der Waals surface area contributed by atoms with Crippen molar-refractivity contribution in [2.24, 2.45) is 5.73 Å². The topological polar surface area (TPSA) is 43.1 Å². The molecule has 98 valence electrons. The summed E-state index contributed by atoms with van der Waals surface area (Å²) in [6, 6.07) is -0.195. The maximum atomic E-state index is 13.2. The molecule has 0 unspecified atom stereocenters. The van der Waals surface area contributed by atoms with Crippen LogP contribution in [0.5, 0.6) is 0 Å². The van der Waals surface area contributed by atoms with Crippen molar-refractivity contribution in [2.75, 3.05) is 0 Å². The zero-order valence-electron chi connectivity index (χ0n) is 8.49. The molecule has 0 fully saturated rings. The third-order valence-corrected chi connectivity index (χ3v) is 1.91. The van der Waals surface area contributed by atoms with Crippen LogP contribution in [0.2, 0.25) is 0 Å². The number of primary amides is 1. The largest absolute Gasteiger partial charge is 0.419 e. The van der Waals surface area contributed by atoms with E-state index in [1.807, 2.05) is 0 Å². The van der Waals surface area contributed by atoms with Gasteiger partial charge in [0.05, 0.1) is 5.56 Å². The molecule has 0 atom stereocenters. The van der Waals surface area contributed by atoms with Crippen molar-refractivity contribution in [3.05, 3.63) is 40.7 Å². The van der Waals surface area contributed by atoms with Crippen LogP contribution in [0.3, 0.4) is 0 Å². The van der Waals surface area contributed by atoms with Crippen molar-refractivity contribution < 1.29 is 31.1 Å². The molecule has 2 N–H and O–H groups in total. The van der Waals surface area contributed by atoms with Crippen LogP contribution in [-0.2, 0) is 11.0 Å². The van der Waals surface area contributed by atoms with Gasteiger partial charge in [0.25, 0.3) is 0 Å². The second-order valence-electron chi connectivity index (χ2n) is 3.18. The van der Waals surface area contributed by atoms with Crippen molar-refractivity contribution in [1.82, 2.24) is 0 Å². The fraction of sp³-hybridized carbons (Fsp3) is 0.100. The molecule has 0 aliphatic rings. The zero-order chi connectivity index (χ0) is 14.1. The Morgan fingerprint density at radius 1 is 1.17 bits per heavy atom. The summed E-state index contributed by atoms with van der Waals surface area (Å²) in [5.41, 5.74) is 1.46. The SMILES string of the molecule is NC(=O)/C=C/c1c(F)cc(C(F)(F)F)c(F)c1F. The Morgan fingerprint density at radius 3 is 2.17 bits per heavy atom. The molecule has 1 amide bonds. The number of hydrogen-bond acceptors (Lipinski definition) is 1. The van der Waals surface area contributed by atoms with E-state index in [0.29, 0.717) is 12.2 Å². The Labute approximate surface area is 96.7 Å². The maximum Gasteiger partial charge on any atom is 0.419 e. The van der Waals surface area contributed by atoms with Crippen molar-refractivity contribution in [3.63, 3.8) is 0 Å². The van der Waals surface area contributed by atoms with Crippen LogP contribution in [0.15, 0.2) is 12.1 Å². The molecule has 1 aromatic carbocycles. The van der Waals surface area contributed by atoms with Gasteiger partial charge in [0.15, 0.2) is 11.6 Å². The first kappa shape index (κ1) is 14.1. The van der Waals surface area contributed by atoms with Crippen LogP contribution >= 0.6 is 0 Å². The van der Waals surface area contributed by atoms with E-state index in [4.69, 9.17) is 0 Å². The Morgan fingerprint density at radius 2 is 1.72 bits per heavy atom. The average Bonchev–Trinajstić information content (AvgIpc) is 2.21. The molecule has 18 heavy (non-hydrogen) atoms. The van der Waals surface area contributed by atoms with Gasteiger partial charge in [0, 0.05) is 11.6 Å². The summed E-state index contributed by atoms with van der Waals surface area (Å²) in [5, 5.41) is 0. The number of alkyl halides is 3. The second kappa shape index (κ2) is 4.71. The number of hydrogen-bond donors (Lipinski definition) is 1. The smallest absolute Gasteiger partial charge is 0.366 e. The molecular weight excluding hydrogens is 264 g/mol. The number of carbonyl (C=O) groups is 1. The highest BCUT2D eigenvalue weighted by Gasteiger charge is 2.37. The van der Waals surface area contributed by atoms with E-state index in [-0.39, 0.29) is 6.07 Å². The predicted molar refractivity (Wildman–Crippen MR) is 49.5 cm³/mol. The molecule has 1 aromatic rings.